The smallest absolute Gasteiger partial charge is 0.230 e. The molecule has 4 rings (SSSR count). The van der Waals surface area contributed by atoms with Crippen molar-refractivity contribution < 1.29 is 9.18 Å². The molecule has 0 saturated heterocycles. The predicted octanol–water partition coefficient (Wildman–Crippen LogP) is 3.73. The molecule has 1 amide bonds. The van der Waals surface area contributed by atoms with Crippen molar-refractivity contribution in [3.05, 3.63) is 72.1 Å². The van der Waals surface area contributed by atoms with Crippen LogP contribution in [0.1, 0.15) is 31.1 Å². The van der Waals surface area contributed by atoms with Gasteiger partial charge in [0.2, 0.25) is 11.6 Å². The van der Waals surface area contributed by atoms with Crippen LogP contribution in [0.5, 0.6) is 0 Å². The van der Waals surface area contributed by atoms with Crippen LogP contribution in [0.2, 0.25) is 0 Å². The minimum absolute atomic E-state index is 0.0678. The van der Waals surface area contributed by atoms with Crippen LogP contribution in [0.4, 0.5) is 15.9 Å². The number of nitrogens with one attached hydrogen (secondary N) is 2. The summed E-state index contributed by atoms with van der Waals surface area (Å²) in [4.78, 5) is 25.1. The molecule has 31 heavy (non-hydrogen) atoms. The lowest BCUT2D eigenvalue weighted by molar-refractivity contribution is -0.115. The van der Waals surface area contributed by atoms with E-state index in [1.165, 1.54) is 12.1 Å². The van der Waals surface area contributed by atoms with E-state index in [0.29, 0.717) is 22.8 Å². The molecule has 0 aliphatic rings. The maximum absolute atomic E-state index is 13.0. The Hall–Kier alpha value is -3.88. The highest BCUT2D eigenvalue weighted by atomic mass is 19.1. The van der Waals surface area contributed by atoms with Gasteiger partial charge < -0.3 is 10.6 Å². The first kappa shape index (κ1) is 20.4. The molecule has 0 bridgehead atoms. The van der Waals surface area contributed by atoms with Gasteiger partial charge in [0.25, 0.3) is 0 Å². The van der Waals surface area contributed by atoms with E-state index < -0.39 is 5.82 Å². The standard InChI is InChI=1S/C22H22FN7O/c1-3-30-13-19-22(29-30)28-20(12-25-19)26-14(2)15-5-4-6-18(9-15)27-21(31)10-17-8-7-16(23)11-24-17/h4-9,11-14H,3,10H2,1-2H3,(H,27,31)(H,26,28,29)/t14-/m0/s1. The first-order valence-electron chi connectivity index (χ1n) is 9.97. The topological polar surface area (TPSA) is 97.6 Å². The van der Waals surface area contributed by atoms with Gasteiger partial charge in [-0.2, -0.15) is 5.10 Å². The molecule has 0 aliphatic carbocycles. The molecule has 0 radical (unpaired) electrons. The summed E-state index contributed by atoms with van der Waals surface area (Å²) >= 11 is 0. The zero-order valence-electron chi connectivity index (χ0n) is 17.2. The van der Waals surface area contributed by atoms with Crippen molar-refractivity contribution in [2.45, 2.75) is 32.9 Å². The monoisotopic (exact) mass is 419 g/mol. The van der Waals surface area contributed by atoms with Gasteiger partial charge in [0.15, 0.2) is 0 Å². The highest BCUT2D eigenvalue weighted by molar-refractivity contribution is 5.92. The van der Waals surface area contributed by atoms with E-state index in [1.807, 2.05) is 44.3 Å². The molecule has 3 aromatic heterocycles. The molecule has 4 aromatic rings. The third-order valence-electron chi connectivity index (χ3n) is 4.76. The summed E-state index contributed by atoms with van der Waals surface area (Å²) in [7, 11) is 0. The maximum Gasteiger partial charge on any atom is 0.230 e. The summed E-state index contributed by atoms with van der Waals surface area (Å²) in [5.41, 5.74) is 3.49. The van der Waals surface area contributed by atoms with Crippen LogP contribution in [0.3, 0.4) is 0 Å². The van der Waals surface area contributed by atoms with E-state index in [-0.39, 0.29) is 18.4 Å². The molecule has 0 unspecified atom stereocenters. The van der Waals surface area contributed by atoms with Crippen molar-refractivity contribution in [3.8, 4) is 0 Å². The lowest BCUT2D eigenvalue weighted by Crippen LogP contribution is -2.16. The number of fused-ring (bicyclic) bond motifs is 1. The second-order valence-corrected chi connectivity index (χ2v) is 7.13. The molecule has 2 N–H and O–H groups in total. The quantitative estimate of drug-likeness (QED) is 0.474. The van der Waals surface area contributed by atoms with Crippen molar-refractivity contribution >= 4 is 28.6 Å². The summed E-state index contributed by atoms with van der Waals surface area (Å²) in [6, 6.07) is 10.3. The molecule has 1 atom stereocenters. The van der Waals surface area contributed by atoms with Gasteiger partial charge in [-0.3, -0.25) is 14.5 Å². The van der Waals surface area contributed by atoms with Gasteiger partial charge in [-0.15, -0.1) is 0 Å². The Balaban J connectivity index is 1.42. The largest absolute Gasteiger partial charge is 0.362 e. The first-order chi connectivity index (χ1) is 15.0. The summed E-state index contributed by atoms with van der Waals surface area (Å²) in [5.74, 6) is -0.0289. The van der Waals surface area contributed by atoms with Crippen LogP contribution in [0, 0.1) is 5.82 Å². The Morgan fingerprint density at radius 2 is 2.06 bits per heavy atom. The van der Waals surface area contributed by atoms with Crippen LogP contribution in [-0.2, 0) is 17.8 Å². The van der Waals surface area contributed by atoms with Crippen LogP contribution in [0.25, 0.3) is 11.2 Å². The third-order valence-corrected chi connectivity index (χ3v) is 4.76. The molecule has 3 heterocycles. The fourth-order valence-corrected chi connectivity index (χ4v) is 3.15. The van der Waals surface area contributed by atoms with E-state index in [2.05, 4.69) is 30.7 Å². The van der Waals surface area contributed by atoms with Crippen LogP contribution >= 0.6 is 0 Å². The Kier molecular flexibility index (Phi) is 5.83. The number of rotatable bonds is 7. The SMILES string of the molecule is CCn1cc2ncc(N[C@@H](C)c3cccc(NC(=O)Cc4ccc(F)cn4)c3)nc2n1. The highest BCUT2D eigenvalue weighted by Gasteiger charge is 2.11. The predicted molar refractivity (Wildman–Crippen MR) is 116 cm³/mol. The number of benzene rings is 1. The number of hydrogen-bond acceptors (Lipinski definition) is 6. The molecule has 0 aliphatic heterocycles. The van der Waals surface area contributed by atoms with E-state index in [0.717, 1.165) is 23.8 Å². The minimum Gasteiger partial charge on any atom is -0.362 e. The zero-order valence-corrected chi connectivity index (χ0v) is 17.2. The number of anilines is 2. The van der Waals surface area contributed by atoms with Crippen LogP contribution < -0.4 is 10.6 Å². The molecular formula is C22H22FN7O. The number of pyridine rings is 1. The summed E-state index contributed by atoms with van der Waals surface area (Å²) in [6.45, 7) is 4.77. The Morgan fingerprint density at radius 1 is 1.19 bits per heavy atom. The van der Waals surface area contributed by atoms with Crippen molar-refractivity contribution in [2.24, 2.45) is 0 Å². The average Bonchev–Trinajstić information content (AvgIpc) is 3.18. The van der Waals surface area contributed by atoms with Crippen LogP contribution in [0.15, 0.2) is 55.0 Å². The molecule has 0 fully saturated rings. The van der Waals surface area contributed by atoms with Gasteiger partial charge >= 0.3 is 0 Å². The maximum atomic E-state index is 13.0. The zero-order chi connectivity index (χ0) is 21.8. The molecule has 158 valence electrons. The number of carbonyl (C=O) groups excluding carboxylic acids is 1. The van der Waals surface area contributed by atoms with Crippen LogP contribution in [-0.4, -0.2) is 30.6 Å². The van der Waals surface area contributed by atoms with Crippen molar-refractivity contribution in [1.29, 1.82) is 0 Å². The fourth-order valence-electron chi connectivity index (χ4n) is 3.15. The van der Waals surface area contributed by atoms with Gasteiger partial charge in [-0.1, -0.05) is 12.1 Å². The summed E-state index contributed by atoms with van der Waals surface area (Å²) < 4.78 is 14.8. The van der Waals surface area contributed by atoms with Crippen molar-refractivity contribution in [3.63, 3.8) is 0 Å². The number of aryl methyl sites for hydroxylation is 1. The van der Waals surface area contributed by atoms with E-state index >= 15 is 0 Å². The van der Waals surface area contributed by atoms with Gasteiger partial charge in [-0.05, 0) is 43.7 Å². The van der Waals surface area contributed by atoms with Gasteiger partial charge in [0, 0.05) is 17.9 Å². The molecule has 1 aromatic carbocycles. The average molecular weight is 419 g/mol. The number of hydrogen-bond donors (Lipinski definition) is 2. The van der Waals surface area contributed by atoms with Gasteiger partial charge in [0.05, 0.1) is 31.1 Å². The van der Waals surface area contributed by atoms with E-state index in [9.17, 15) is 9.18 Å². The number of nitrogens with zero attached hydrogens (tertiary/aromatic N) is 5. The summed E-state index contributed by atoms with van der Waals surface area (Å²) in [5, 5.41) is 10.6. The lowest BCUT2D eigenvalue weighted by atomic mass is 10.1. The number of amides is 1. The van der Waals surface area contributed by atoms with E-state index in [4.69, 9.17) is 0 Å². The number of halogens is 1. The Morgan fingerprint density at radius 3 is 2.84 bits per heavy atom. The number of carbonyl (C=O) groups is 1. The summed E-state index contributed by atoms with van der Waals surface area (Å²) in [6.07, 6.45) is 4.72. The second kappa shape index (κ2) is 8.86. The molecule has 0 spiro atoms. The van der Waals surface area contributed by atoms with E-state index in [1.54, 1.807) is 10.9 Å². The highest BCUT2D eigenvalue weighted by Crippen LogP contribution is 2.22. The van der Waals surface area contributed by atoms with Gasteiger partial charge in [0.1, 0.15) is 17.2 Å². The van der Waals surface area contributed by atoms with Crippen molar-refractivity contribution in [1.82, 2.24) is 24.7 Å². The van der Waals surface area contributed by atoms with Crippen molar-refractivity contribution in [2.75, 3.05) is 10.6 Å². The molecule has 0 saturated carbocycles. The third kappa shape index (κ3) is 5.00. The lowest BCUT2D eigenvalue weighted by Gasteiger charge is -2.16. The molecule has 8 nitrogen and oxygen atoms in total. The fraction of sp³-hybridized carbons (Fsp3) is 0.227. The Labute approximate surface area is 178 Å². The minimum atomic E-state index is -0.430. The molecule has 9 heteroatoms. The van der Waals surface area contributed by atoms with Gasteiger partial charge in [-0.25, -0.2) is 14.4 Å². The number of aromatic nitrogens is 5. The molecular weight excluding hydrogens is 397 g/mol. The second-order valence-electron chi connectivity index (χ2n) is 7.13. The normalized spacial score (nSPS) is 12.0. The Bertz CT molecular complexity index is 1210. The first-order valence-corrected chi connectivity index (χ1v) is 9.97.